The van der Waals surface area contributed by atoms with Crippen molar-refractivity contribution in [1.29, 1.82) is 0 Å². The number of amides is 1. The molecule has 20 heavy (non-hydrogen) atoms. The van der Waals surface area contributed by atoms with Crippen LogP contribution in [0.5, 0.6) is 0 Å². The molecule has 3 nitrogen and oxygen atoms in total. The van der Waals surface area contributed by atoms with Crippen LogP contribution in [0.3, 0.4) is 0 Å². The number of likely N-dealkylation sites (tertiary alicyclic amines) is 1. The molecule has 1 aliphatic heterocycles. The molecule has 1 aliphatic rings. The molecule has 0 radical (unpaired) electrons. The Morgan fingerprint density at radius 2 is 2.00 bits per heavy atom. The summed E-state index contributed by atoms with van der Waals surface area (Å²) in [6, 6.07) is 12.0. The van der Waals surface area contributed by atoms with Gasteiger partial charge in [-0.1, -0.05) is 28.1 Å². The maximum Gasteiger partial charge on any atom is 0.253 e. The molecular weight excluding hydrogens is 316 g/mol. The third kappa shape index (κ3) is 2.58. The van der Waals surface area contributed by atoms with Gasteiger partial charge in [0.15, 0.2) is 0 Å². The van der Waals surface area contributed by atoms with Gasteiger partial charge in [0.2, 0.25) is 0 Å². The van der Waals surface area contributed by atoms with E-state index in [1.165, 1.54) is 0 Å². The van der Waals surface area contributed by atoms with Crippen molar-refractivity contribution < 1.29 is 4.79 Å². The summed E-state index contributed by atoms with van der Waals surface area (Å²) in [6.07, 6.45) is 1.02. The summed E-state index contributed by atoms with van der Waals surface area (Å²) in [4.78, 5) is 14.4. The highest BCUT2D eigenvalue weighted by atomic mass is 79.9. The monoisotopic (exact) mass is 332 g/mol. The molecule has 0 bridgehead atoms. The first-order valence-electron chi connectivity index (χ1n) is 6.86. The number of nitrogens with two attached hydrogens (primary N) is 1. The van der Waals surface area contributed by atoms with E-state index in [-0.39, 0.29) is 5.91 Å². The number of nitrogens with zero attached hydrogens (tertiary/aromatic N) is 1. The van der Waals surface area contributed by atoms with E-state index in [0.717, 1.165) is 40.3 Å². The SMILES string of the molecule is NCC1CCN(C(=O)c2ccc3cc(Br)ccc3c2)C1. The molecule has 4 heteroatoms. The predicted octanol–water partition coefficient (Wildman–Crippen LogP) is 3.02. The van der Waals surface area contributed by atoms with Gasteiger partial charge in [-0.2, -0.15) is 0 Å². The van der Waals surface area contributed by atoms with Crippen molar-refractivity contribution >= 4 is 32.6 Å². The number of benzene rings is 2. The van der Waals surface area contributed by atoms with Gasteiger partial charge in [0.1, 0.15) is 0 Å². The molecule has 104 valence electrons. The molecule has 1 atom stereocenters. The summed E-state index contributed by atoms with van der Waals surface area (Å²) in [5.74, 6) is 0.570. The van der Waals surface area contributed by atoms with Crippen LogP contribution in [0, 0.1) is 5.92 Å². The van der Waals surface area contributed by atoms with E-state index in [9.17, 15) is 4.79 Å². The quantitative estimate of drug-likeness (QED) is 0.918. The van der Waals surface area contributed by atoms with Crippen molar-refractivity contribution in [2.75, 3.05) is 19.6 Å². The van der Waals surface area contributed by atoms with E-state index in [0.29, 0.717) is 12.5 Å². The summed E-state index contributed by atoms with van der Waals surface area (Å²) in [7, 11) is 0. The van der Waals surface area contributed by atoms with Crippen LogP contribution in [0.1, 0.15) is 16.8 Å². The highest BCUT2D eigenvalue weighted by molar-refractivity contribution is 9.10. The lowest BCUT2D eigenvalue weighted by atomic mass is 10.1. The van der Waals surface area contributed by atoms with Gasteiger partial charge in [-0.25, -0.2) is 0 Å². The fourth-order valence-corrected chi connectivity index (χ4v) is 3.12. The molecule has 0 aliphatic carbocycles. The number of carbonyl (C=O) groups is 1. The highest BCUT2D eigenvalue weighted by Gasteiger charge is 2.25. The second-order valence-corrected chi connectivity index (χ2v) is 6.26. The van der Waals surface area contributed by atoms with E-state index < -0.39 is 0 Å². The number of hydrogen-bond acceptors (Lipinski definition) is 2. The lowest BCUT2D eigenvalue weighted by molar-refractivity contribution is 0.0788. The van der Waals surface area contributed by atoms with Crippen LogP contribution in [0.25, 0.3) is 10.8 Å². The average molecular weight is 333 g/mol. The van der Waals surface area contributed by atoms with Crippen LogP contribution in [-0.4, -0.2) is 30.4 Å². The molecule has 1 amide bonds. The Morgan fingerprint density at radius 3 is 2.75 bits per heavy atom. The Labute approximate surface area is 126 Å². The minimum absolute atomic E-state index is 0.116. The van der Waals surface area contributed by atoms with E-state index in [1.54, 1.807) is 0 Å². The zero-order valence-electron chi connectivity index (χ0n) is 11.2. The van der Waals surface area contributed by atoms with E-state index in [2.05, 4.69) is 22.0 Å². The molecule has 1 fully saturated rings. The predicted molar refractivity (Wildman–Crippen MR) is 84.7 cm³/mol. The van der Waals surface area contributed by atoms with E-state index >= 15 is 0 Å². The van der Waals surface area contributed by atoms with Crippen LogP contribution in [0.2, 0.25) is 0 Å². The molecule has 0 spiro atoms. The van der Waals surface area contributed by atoms with Gasteiger partial charge in [-0.3, -0.25) is 4.79 Å². The fourth-order valence-electron chi connectivity index (χ4n) is 2.74. The Balaban J connectivity index is 1.87. The second kappa shape index (κ2) is 5.54. The summed E-state index contributed by atoms with van der Waals surface area (Å²) in [5.41, 5.74) is 6.44. The van der Waals surface area contributed by atoms with Crippen molar-refractivity contribution in [3.8, 4) is 0 Å². The first-order chi connectivity index (χ1) is 9.67. The minimum Gasteiger partial charge on any atom is -0.338 e. The van der Waals surface area contributed by atoms with Crippen molar-refractivity contribution in [2.45, 2.75) is 6.42 Å². The van der Waals surface area contributed by atoms with Crippen molar-refractivity contribution in [3.05, 3.63) is 46.4 Å². The molecule has 2 aromatic rings. The third-order valence-corrected chi connectivity index (χ3v) is 4.45. The molecule has 3 rings (SSSR count). The molecule has 1 unspecified atom stereocenters. The zero-order chi connectivity index (χ0) is 14.1. The van der Waals surface area contributed by atoms with Crippen LogP contribution < -0.4 is 5.73 Å². The molecule has 1 heterocycles. The Kier molecular flexibility index (Phi) is 3.76. The number of fused-ring (bicyclic) bond motifs is 1. The zero-order valence-corrected chi connectivity index (χ0v) is 12.8. The summed E-state index contributed by atoms with van der Waals surface area (Å²) < 4.78 is 1.05. The fraction of sp³-hybridized carbons (Fsp3) is 0.312. The third-order valence-electron chi connectivity index (χ3n) is 3.96. The summed E-state index contributed by atoms with van der Waals surface area (Å²) in [6.45, 7) is 2.27. The molecule has 0 aromatic heterocycles. The number of halogens is 1. The summed E-state index contributed by atoms with van der Waals surface area (Å²) >= 11 is 3.46. The second-order valence-electron chi connectivity index (χ2n) is 5.35. The number of hydrogen-bond donors (Lipinski definition) is 1. The maximum atomic E-state index is 12.5. The van der Waals surface area contributed by atoms with E-state index in [1.807, 2.05) is 35.2 Å². The van der Waals surface area contributed by atoms with Crippen molar-refractivity contribution in [3.63, 3.8) is 0 Å². The maximum absolute atomic E-state index is 12.5. The van der Waals surface area contributed by atoms with Crippen LogP contribution in [-0.2, 0) is 0 Å². The topological polar surface area (TPSA) is 46.3 Å². The molecule has 0 saturated carbocycles. The standard InChI is InChI=1S/C16H17BrN2O/c17-15-4-3-12-7-14(2-1-13(12)8-15)16(20)19-6-5-11(9-18)10-19/h1-4,7-8,11H,5-6,9-10,18H2. The van der Waals surface area contributed by atoms with Gasteiger partial charge in [0.25, 0.3) is 5.91 Å². The molecule has 2 N–H and O–H groups in total. The van der Waals surface area contributed by atoms with Gasteiger partial charge in [-0.15, -0.1) is 0 Å². The Bertz CT molecular complexity index is 656. The Morgan fingerprint density at radius 1 is 1.25 bits per heavy atom. The molecular formula is C16H17BrN2O. The van der Waals surface area contributed by atoms with E-state index in [4.69, 9.17) is 5.73 Å². The molecule has 1 saturated heterocycles. The van der Waals surface area contributed by atoms with Crippen LogP contribution in [0.15, 0.2) is 40.9 Å². The lowest BCUT2D eigenvalue weighted by Gasteiger charge is -2.16. The highest BCUT2D eigenvalue weighted by Crippen LogP contribution is 2.23. The van der Waals surface area contributed by atoms with Crippen LogP contribution >= 0.6 is 15.9 Å². The average Bonchev–Trinajstić information content (AvgIpc) is 2.95. The van der Waals surface area contributed by atoms with Crippen molar-refractivity contribution in [2.24, 2.45) is 11.7 Å². The number of carbonyl (C=O) groups excluding carboxylic acids is 1. The Hall–Kier alpha value is -1.39. The molecule has 2 aromatic carbocycles. The van der Waals surface area contributed by atoms with Gasteiger partial charge < -0.3 is 10.6 Å². The lowest BCUT2D eigenvalue weighted by Crippen LogP contribution is -2.29. The number of rotatable bonds is 2. The smallest absolute Gasteiger partial charge is 0.253 e. The van der Waals surface area contributed by atoms with Gasteiger partial charge >= 0.3 is 0 Å². The summed E-state index contributed by atoms with van der Waals surface area (Å²) in [5, 5.41) is 2.23. The van der Waals surface area contributed by atoms with Crippen LogP contribution in [0.4, 0.5) is 0 Å². The van der Waals surface area contributed by atoms with Gasteiger partial charge in [-0.05, 0) is 53.9 Å². The largest absolute Gasteiger partial charge is 0.338 e. The first-order valence-corrected chi connectivity index (χ1v) is 7.65. The van der Waals surface area contributed by atoms with Gasteiger partial charge in [0.05, 0.1) is 0 Å². The minimum atomic E-state index is 0.116. The first kappa shape index (κ1) is 13.6. The normalized spacial score (nSPS) is 18.7. The van der Waals surface area contributed by atoms with Crippen molar-refractivity contribution in [1.82, 2.24) is 4.90 Å². The van der Waals surface area contributed by atoms with Gasteiger partial charge in [0, 0.05) is 23.1 Å².